The van der Waals surface area contributed by atoms with Crippen LogP contribution in [-0.2, 0) is 14.8 Å². The van der Waals surface area contributed by atoms with E-state index in [2.05, 4.69) is 10.2 Å². The summed E-state index contributed by atoms with van der Waals surface area (Å²) < 4.78 is 22.8. The van der Waals surface area contributed by atoms with Crippen LogP contribution in [-0.4, -0.2) is 38.4 Å². The molecule has 1 heterocycles. The Kier molecular flexibility index (Phi) is 6.15. The minimum Gasteiger partial charge on any atom is -0.325 e. The van der Waals surface area contributed by atoms with Gasteiger partial charge in [0.1, 0.15) is 0 Å². The van der Waals surface area contributed by atoms with E-state index in [9.17, 15) is 13.2 Å². The highest BCUT2D eigenvalue weighted by Gasteiger charge is 2.22. The summed E-state index contributed by atoms with van der Waals surface area (Å²) in [5.41, 5.74) is 0.445. The lowest BCUT2D eigenvalue weighted by Crippen LogP contribution is -2.43. The number of sulfonamides is 1. The minimum atomic E-state index is -3.77. The number of hydrogen-bond acceptors (Lipinski definition) is 4. The molecule has 1 aromatic carbocycles. The molecule has 2 rings (SSSR count). The van der Waals surface area contributed by atoms with E-state index in [1.165, 1.54) is 31.4 Å². The second-order valence-corrected chi connectivity index (χ2v) is 7.60. The van der Waals surface area contributed by atoms with Gasteiger partial charge in [0.25, 0.3) is 0 Å². The van der Waals surface area contributed by atoms with Crippen LogP contribution < -0.4 is 10.5 Å². The first-order valence-corrected chi connectivity index (χ1v) is 9.60. The number of rotatable bonds is 4. The fraction of sp³-hybridized carbons (Fsp3) is 0.562. The first-order chi connectivity index (χ1) is 10.9. The van der Waals surface area contributed by atoms with Crippen molar-refractivity contribution in [2.45, 2.75) is 50.0 Å². The average molecular weight is 339 g/mol. The van der Waals surface area contributed by atoms with Crippen LogP contribution in [0, 0.1) is 0 Å². The molecule has 0 bridgehead atoms. The maximum Gasteiger partial charge on any atom is 0.241 e. The van der Waals surface area contributed by atoms with E-state index in [0.717, 1.165) is 25.9 Å². The van der Waals surface area contributed by atoms with Crippen LogP contribution in [0.25, 0.3) is 0 Å². The molecule has 7 heteroatoms. The van der Waals surface area contributed by atoms with Gasteiger partial charge in [0.05, 0.1) is 10.9 Å². The van der Waals surface area contributed by atoms with Gasteiger partial charge in [-0.2, -0.15) is 0 Å². The molecular formula is C16H25N3O3S. The van der Waals surface area contributed by atoms with Gasteiger partial charge >= 0.3 is 0 Å². The summed E-state index contributed by atoms with van der Waals surface area (Å²) in [4.78, 5) is 14.6. The lowest BCUT2D eigenvalue weighted by molar-refractivity contribution is -0.120. The number of nitrogens with zero attached hydrogens (tertiary/aromatic N) is 1. The average Bonchev–Trinajstić information content (AvgIpc) is 2.45. The summed E-state index contributed by atoms with van der Waals surface area (Å²) in [6, 6.07) is 5.77. The van der Waals surface area contributed by atoms with E-state index in [1.807, 2.05) is 6.92 Å². The first kappa shape index (κ1) is 17.9. The molecule has 0 unspecified atom stereocenters. The number of benzene rings is 1. The molecule has 0 spiro atoms. The molecule has 1 atom stereocenters. The molecular weight excluding hydrogens is 314 g/mol. The summed E-state index contributed by atoms with van der Waals surface area (Å²) in [7, 11) is -3.77. The Bertz CT molecular complexity index is 638. The Hall–Kier alpha value is -1.44. The van der Waals surface area contributed by atoms with Crippen LogP contribution in [0.4, 0.5) is 5.69 Å². The lowest BCUT2D eigenvalue weighted by atomic mass is 10.1. The van der Waals surface area contributed by atoms with E-state index in [4.69, 9.17) is 5.14 Å². The van der Waals surface area contributed by atoms with E-state index in [1.54, 1.807) is 12.1 Å². The van der Waals surface area contributed by atoms with Crippen molar-refractivity contribution < 1.29 is 13.2 Å². The van der Waals surface area contributed by atoms with Crippen LogP contribution in [0.1, 0.15) is 39.0 Å². The molecule has 0 aromatic heterocycles. The smallest absolute Gasteiger partial charge is 0.241 e. The zero-order chi connectivity index (χ0) is 16.9. The van der Waals surface area contributed by atoms with Crippen molar-refractivity contribution in [3.8, 4) is 0 Å². The SMILES string of the molecule is C[C@H](C(=O)Nc1cccc(S(N)(=O)=O)c1)N1CCCCCCC1. The number of carbonyl (C=O) groups is 1. The number of carbonyl (C=O) groups excluding carboxylic acids is 1. The topological polar surface area (TPSA) is 92.5 Å². The Morgan fingerprint density at radius 2 is 1.78 bits per heavy atom. The van der Waals surface area contributed by atoms with Gasteiger partial charge in [-0.05, 0) is 51.1 Å². The Morgan fingerprint density at radius 3 is 2.39 bits per heavy atom. The van der Waals surface area contributed by atoms with Gasteiger partial charge in [-0.25, -0.2) is 13.6 Å². The lowest BCUT2D eigenvalue weighted by Gasteiger charge is -2.29. The predicted molar refractivity (Wildman–Crippen MR) is 90.6 cm³/mol. The second kappa shape index (κ2) is 7.90. The number of hydrogen-bond donors (Lipinski definition) is 2. The molecule has 1 aromatic rings. The van der Waals surface area contributed by atoms with Crippen molar-refractivity contribution in [3.63, 3.8) is 0 Å². The standard InChI is InChI=1S/C16H25N3O3S/c1-13(19-10-5-3-2-4-6-11-19)16(20)18-14-8-7-9-15(12-14)23(17,21)22/h7-9,12-13H,2-6,10-11H2,1H3,(H,18,20)(H2,17,21,22)/t13-/m1/s1. The number of nitrogens with two attached hydrogens (primary N) is 1. The fourth-order valence-electron chi connectivity index (χ4n) is 2.82. The van der Waals surface area contributed by atoms with Gasteiger partial charge in [0, 0.05) is 5.69 Å². The molecule has 3 N–H and O–H groups in total. The molecule has 1 aliphatic rings. The van der Waals surface area contributed by atoms with Gasteiger partial charge in [-0.1, -0.05) is 25.3 Å². The van der Waals surface area contributed by atoms with Crippen molar-refractivity contribution in [1.29, 1.82) is 0 Å². The zero-order valence-corrected chi connectivity index (χ0v) is 14.3. The van der Waals surface area contributed by atoms with Crippen LogP contribution in [0.2, 0.25) is 0 Å². The number of nitrogens with one attached hydrogen (secondary N) is 1. The summed E-state index contributed by atoms with van der Waals surface area (Å²) in [5.74, 6) is -0.128. The van der Waals surface area contributed by atoms with Crippen molar-refractivity contribution in [2.24, 2.45) is 5.14 Å². The number of amides is 1. The van der Waals surface area contributed by atoms with E-state index < -0.39 is 10.0 Å². The van der Waals surface area contributed by atoms with Crippen molar-refractivity contribution in [1.82, 2.24) is 4.90 Å². The van der Waals surface area contributed by atoms with Gasteiger partial charge in [-0.3, -0.25) is 9.69 Å². The molecule has 0 aliphatic carbocycles. The molecule has 1 amide bonds. The van der Waals surface area contributed by atoms with Crippen molar-refractivity contribution in [2.75, 3.05) is 18.4 Å². The van der Waals surface area contributed by atoms with E-state index in [0.29, 0.717) is 5.69 Å². The third kappa shape index (κ3) is 5.30. The van der Waals surface area contributed by atoms with Crippen LogP contribution in [0.3, 0.4) is 0 Å². The van der Waals surface area contributed by atoms with Gasteiger partial charge in [0.15, 0.2) is 0 Å². The Balaban J connectivity index is 2.03. The quantitative estimate of drug-likeness (QED) is 0.876. The Labute approximate surface area is 138 Å². The van der Waals surface area contributed by atoms with Crippen molar-refractivity contribution in [3.05, 3.63) is 24.3 Å². The molecule has 1 saturated heterocycles. The maximum absolute atomic E-state index is 12.4. The number of likely N-dealkylation sites (tertiary alicyclic amines) is 1. The third-order valence-electron chi connectivity index (χ3n) is 4.25. The molecule has 128 valence electrons. The zero-order valence-electron chi connectivity index (χ0n) is 13.5. The fourth-order valence-corrected chi connectivity index (χ4v) is 3.38. The van der Waals surface area contributed by atoms with Crippen LogP contribution in [0.5, 0.6) is 0 Å². The molecule has 1 aliphatic heterocycles. The summed E-state index contributed by atoms with van der Waals surface area (Å²) in [5, 5.41) is 7.90. The maximum atomic E-state index is 12.4. The number of primary sulfonamides is 1. The minimum absolute atomic E-state index is 0.00536. The van der Waals surface area contributed by atoms with Crippen molar-refractivity contribution >= 4 is 21.6 Å². The summed E-state index contributed by atoms with van der Waals surface area (Å²) >= 11 is 0. The molecule has 6 nitrogen and oxygen atoms in total. The second-order valence-electron chi connectivity index (χ2n) is 6.04. The first-order valence-electron chi connectivity index (χ1n) is 8.06. The Morgan fingerprint density at radius 1 is 1.17 bits per heavy atom. The molecule has 23 heavy (non-hydrogen) atoms. The highest BCUT2D eigenvalue weighted by atomic mass is 32.2. The van der Waals surface area contributed by atoms with Gasteiger partial charge < -0.3 is 5.32 Å². The summed E-state index contributed by atoms with van der Waals surface area (Å²) in [6.45, 7) is 3.73. The summed E-state index contributed by atoms with van der Waals surface area (Å²) in [6.07, 6.45) is 5.91. The largest absolute Gasteiger partial charge is 0.325 e. The van der Waals surface area contributed by atoms with E-state index >= 15 is 0 Å². The molecule has 0 radical (unpaired) electrons. The van der Waals surface area contributed by atoms with Gasteiger partial charge in [0.2, 0.25) is 15.9 Å². The third-order valence-corrected chi connectivity index (χ3v) is 5.16. The monoisotopic (exact) mass is 339 g/mol. The van der Waals surface area contributed by atoms with Gasteiger partial charge in [-0.15, -0.1) is 0 Å². The normalized spacial score (nSPS) is 18.7. The number of anilines is 1. The molecule has 1 fully saturated rings. The predicted octanol–water partition coefficient (Wildman–Crippen LogP) is 1.93. The highest BCUT2D eigenvalue weighted by Crippen LogP contribution is 2.17. The van der Waals surface area contributed by atoms with Crippen LogP contribution >= 0.6 is 0 Å². The molecule has 0 saturated carbocycles. The van der Waals surface area contributed by atoms with Crippen LogP contribution in [0.15, 0.2) is 29.2 Å². The van der Waals surface area contributed by atoms with E-state index in [-0.39, 0.29) is 16.8 Å². The highest BCUT2D eigenvalue weighted by molar-refractivity contribution is 7.89.